The minimum absolute atomic E-state index is 0.108. The number of rotatable bonds is 79. The Morgan fingerprint density at radius 2 is 0.515 bits per heavy atom. The molecular weight excluding hydrogens is 1290 g/mol. The smallest absolute Gasteiger partial charge is 0.462 e. The molecule has 3 unspecified atom stereocenters. The van der Waals surface area contributed by atoms with Gasteiger partial charge in [0.05, 0.1) is 26.4 Å². The fraction of sp³-hybridized carbons (Fsp3) is 0.950. The Balaban J connectivity index is 5.22. The molecule has 0 heterocycles. The topological polar surface area (TPSA) is 237 Å². The van der Waals surface area contributed by atoms with Crippen molar-refractivity contribution in [1.29, 1.82) is 0 Å². The van der Waals surface area contributed by atoms with Crippen molar-refractivity contribution in [1.82, 2.24) is 0 Å². The van der Waals surface area contributed by atoms with Crippen molar-refractivity contribution >= 4 is 39.5 Å². The number of hydrogen-bond acceptors (Lipinski definition) is 15. The van der Waals surface area contributed by atoms with E-state index in [9.17, 15) is 43.2 Å². The number of carbonyl (C=O) groups is 4. The molecule has 19 heteroatoms. The lowest BCUT2D eigenvalue weighted by Crippen LogP contribution is -2.30. The van der Waals surface area contributed by atoms with Crippen LogP contribution >= 0.6 is 15.6 Å². The van der Waals surface area contributed by atoms with Crippen molar-refractivity contribution in [2.75, 3.05) is 39.6 Å². The van der Waals surface area contributed by atoms with Crippen molar-refractivity contribution < 1.29 is 80.2 Å². The first-order valence-corrected chi connectivity index (χ1v) is 44.5. The Hall–Kier alpha value is -1.94. The van der Waals surface area contributed by atoms with Gasteiger partial charge in [-0.1, -0.05) is 369 Å². The van der Waals surface area contributed by atoms with Crippen LogP contribution in [0.25, 0.3) is 0 Å². The Morgan fingerprint density at radius 1 is 0.293 bits per heavy atom. The molecule has 17 nitrogen and oxygen atoms in total. The quantitative estimate of drug-likeness (QED) is 0.0222. The van der Waals surface area contributed by atoms with Gasteiger partial charge in [0.15, 0.2) is 12.2 Å². The first kappa shape index (κ1) is 97.1. The van der Waals surface area contributed by atoms with Crippen LogP contribution in [-0.2, 0) is 65.4 Å². The van der Waals surface area contributed by atoms with Gasteiger partial charge in [0.1, 0.15) is 19.3 Å². The maximum Gasteiger partial charge on any atom is 0.472 e. The summed E-state index contributed by atoms with van der Waals surface area (Å²) in [5, 5.41) is 10.6. The Labute approximate surface area is 607 Å². The molecule has 0 aliphatic rings. The summed E-state index contributed by atoms with van der Waals surface area (Å²) >= 11 is 0. The van der Waals surface area contributed by atoms with E-state index in [1.165, 1.54) is 238 Å². The summed E-state index contributed by atoms with van der Waals surface area (Å²) in [7, 11) is -9.92. The van der Waals surface area contributed by atoms with Crippen molar-refractivity contribution in [2.24, 2.45) is 11.8 Å². The van der Waals surface area contributed by atoms with Gasteiger partial charge in [-0.25, -0.2) is 9.13 Å². The normalized spacial score (nSPS) is 14.2. The van der Waals surface area contributed by atoms with Gasteiger partial charge < -0.3 is 33.8 Å². The predicted octanol–water partition coefficient (Wildman–Crippen LogP) is 23.9. The van der Waals surface area contributed by atoms with E-state index in [4.69, 9.17) is 37.0 Å². The third-order valence-electron chi connectivity index (χ3n) is 19.1. The summed E-state index contributed by atoms with van der Waals surface area (Å²) in [6.45, 7) is 9.69. The summed E-state index contributed by atoms with van der Waals surface area (Å²) in [6, 6.07) is 0. The molecule has 588 valence electrons. The third kappa shape index (κ3) is 72.8. The number of phosphoric acid groups is 2. The van der Waals surface area contributed by atoms with Crippen molar-refractivity contribution in [3.05, 3.63) is 0 Å². The molecule has 0 aliphatic carbocycles. The van der Waals surface area contributed by atoms with Gasteiger partial charge in [-0.3, -0.25) is 37.3 Å². The van der Waals surface area contributed by atoms with E-state index in [0.717, 1.165) is 102 Å². The van der Waals surface area contributed by atoms with Gasteiger partial charge in [-0.2, -0.15) is 0 Å². The molecule has 0 saturated heterocycles. The molecule has 3 N–H and O–H groups in total. The molecule has 0 amide bonds. The fourth-order valence-electron chi connectivity index (χ4n) is 12.3. The molecule has 0 aromatic rings. The Kier molecular flexibility index (Phi) is 70.3. The zero-order valence-corrected chi connectivity index (χ0v) is 66.6. The molecule has 0 radical (unpaired) electrons. The maximum atomic E-state index is 13.1. The summed E-state index contributed by atoms with van der Waals surface area (Å²) in [4.78, 5) is 73.0. The van der Waals surface area contributed by atoms with Gasteiger partial charge >= 0.3 is 39.5 Å². The average molecular weight is 1450 g/mol. The largest absolute Gasteiger partial charge is 0.472 e. The standard InChI is InChI=1S/C80H156O17P2/c1-7-10-12-14-16-18-20-27-32-40-46-52-58-64-79(84)96-75(68-90-77(82)62-56-50-44-38-30-19-17-15-13-11-8-2)70-94-98(86,87)92-66-74(81)67-93-99(88,89)95-71-76(69-91-78(83)63-57-51-45-39-35-34-37-43-49-55-61-73(6)9-3)97-80(85)65-59-53-47-41-33-29-26-24-22-21-23-25-28-31-36-42-48-54-60-72(4)5/h72-76,81H,7-71H2,1-6H3,(H,86,87)(H,88,89)/t73?,74-,75+,76+/m0/s1. The van der Waals surface area contributed by atoms with E-state index >= 15 is 0 Å². The first-order chi connectivity index (χ1) is 47.9. The van der Waals surface area contributed by atoms with E-state index in [1.54, 1.807) is 0 Å². The summed E-state index contributed by atoms with van der Waals surface area (Å²) in [5.41, 5.74) is 0. The van der Waals surface area contributed by atoms with E-state index in [2.05, 4.69) is 41.5 Å². The van der Waals surface area contributed by atoms with Crippen LogP contribution in [0.3, 0.4) is 0 Å². The van der Waals surface area contributed by atoms with Crippen molar-refractivity contribution in [3.8, 4) is 0 Å². The summed E-state index contributed by atoms with van der Waals surface area (Å²) < 4.78 is 68.7. The monoisotopic (exact) mass is 1450 g/mol. The maximum absolute atomic E-state index is 13.1. The number of unbranched alkanes of at least 4 members (excludes halogenated alkanes) is 48. The van der Waals surface area contributed by atoms with E-state index in [1.807, 2.05) is 0 Å². The van der Waals surface area contributed by atoms with Crippen molar-refractivity contribution in [2.45, 2.75) is 439 Å². The minimum atomic E-state index is -4.96. The first-order valence-electron chi connectivity index (χ1n) is 41.5. The predicted molar refractivity (Wildman–Crippen MR) is 405 cm³/mol. The zero-order valence-electron chi connectivity index (χ0n) is 64.8. The molecule has 0 aliphatic heterocycles. The Bertz CT molecular complexity index is 1910. The number of hydrogen-bond donors (Lipinski definition) is 3. The van der Waals surface area contributed by atoms with Crippen LogP contribution < -0.4 is 0 Å². The van der Waals surface area contributed by atoms with Crippen molar-refractivity contribution in [3.63, 3.8) is 0 Å². The van der Waals surface area contributed by atoms with E-state index < -0.39 is 97.5 Å². The number of aliphatic hydroxyl groups excluding tert-OH is 1. The fourth-order valence-corrected chi connectivity index (χ4v) is 13.9. The lowest BCUT2D eigenvalue weighted by molar-refractivity contribution is -0.161. The summed E-state index contributed by atoms with van der Waals surface area (Å²) in [6.07, 6.45) is 60.9. The van der Waals surface area contributed by atoms with Crippen LogP contribution in [0.15, 0.2) is 0 Å². The van der Waals surface area contributed by atoms with Gasteiger partial charge in [0.25, 0.3) is 0 Å². The molecule has 0 rings (SSSR count). The molecular formula is C80H156O17P2. The SMILES string of the molecule is CCCCCCCCCCCCCCCC(=O)O[C@H](COC(=O)CCCCCCCCCCCCC)COP(=O)(O)OC[C@H](O)COP(=O)(O)OC[C@@H](COC(=O)CCCCCCCCCCCCC(C)CC)OC(=O)CCCCCCCCCCCCCCCCCCCCC(C)C. The van der Waals surface area contributed by atoms with Crippen LogP contribution in [0.5, 0.6) is 0 Å². The number of ether oxygens (including phenoxy) is 4. The van der Waals surface area contributed by atoms with Crippen LogP contribution in [0.2, 0.25) is 0 Å². The highest BCUT2D eigenvalue weighted by Gasteiger charge is 2.30. The second-order valence-corrected chi connectivity index (χ2v) is 32.4. The minimum Gasteiger partial charge on any atom is -0.462 e. The number of esters is 4. The lowest BCUT2D eigenvalue weighted by atomic mass is 9.99. The molecule has 0 spiro atoms. The van der Waals surface area contributed by atoms with E-state index in [0.29, 0.717) is 25.7 Å². The highest BCUT2D eigenvalue weighted by molar-refractivity contribution is 7.47. The second-order valence-electron chi connectivity index (χ2n) is 29.5. The highest BCUT2D eigenvalue weighted by Crippen LogP contribution is 2.45. The van der Waals surface area contributed by atoms with Gasteiger partial charge in [0, 0.05) is 25.7 Å². The number of carbonyl (C=O) groups excluding carboxylic acids is 4. The third-order valence-corrected chi connectivity index (χ3v) is 21.0. The van der Waals surface area contributed by atoms with Gasteiger partial charge in [-0.15, -0.1) is 0 Å². The molecule has 0 fully saturated rings. The van der Waals surface area contributed by atoms with Crippen LogP contribution in [0, 0.1) is 11.8 Å². The molecule has 0 saturated carbocycles. The molecule has 6 atom stereocenters. The van der Waals surface area contributed by atoms with Gasteiger partial charge in [-0.05, 0) is 37.5 Å². The van der Waals surface area contributed by atoms with Gasteiger partial charge in [0.2, 0.25) is 0 Å². The lowest BCUT2D eigenvalue weighted by Gasteiger charge is -2.21. The van der Waals surface area contributed by atoms with Crippen LogP contribution in [0.1, 0.15) is 420 Å². The average Bonchev–Trinajstić information content (AvgIpc) is 1.39. The molecule has 99 heavy (non-hydrogen) atoms. The number of aliphatic hydroxyl groups is 1. The molecule has 0 bridgehead atoms. The number of phosphoric ester groups is 2. The molecule has 0 aromatic heterocycles. The van der Waals surface area contributed by atoms with Crippen LogP contribution in [-0.4, -0.2) is 96.7 Å². The van der Waals surface area contributed by atoms with Crippen LogP contribution in [0.4, 0.5) is 0 Å². The zero-order chi connectivity index (χ0) is 72.8. The Morgan fingerprint density at radius 3 is 0.768 bits per heavy atom. The second kappa shape index (κ2) is 71.7. The molecule has 0 aromatic carbocycles. The summed E-state index contributed by atoms with van der Waals surface area (Å²) in [5.74, 6) is -0.478. The van der Waals surface area contributed by atoms with E-state index in [-0.39, 0.29) is 25.7 Å². The highest BCUT2D eigenvalue weighted by atomic mass is 31.2.